The van der Waals surface area contributed by atoms with E-state index in [0.29, 0.717) is 22.2 Å². The first-order valence-electron chi connectivity index (χ1n) is 5.88. The van der Waals surface area contributed by atoms with E-state index in [0.717, 1.165) is 12.8 Å². The number of anilines is 1. The van der Waals surface area contributed by atoms with E-state index < -0.39 is 6.04 Å². The summed E-state index contributed by atoms with van der Waals surface area (Å²) in [7, 11) is 1.38. The Labute approximate surface area is 117 Å². The topological polar surface area (TPSA) is 38.3 Å². The fourth-order valence-corrected chi connectivity index (χ4v) is 1.94. The van der Waals surface area contributed by atoms with Crippen LogP contribution in [0, 0.1) is 0 Å². The first kappa shape index (κ1) is 15.1. The van der Waals surface area contributed by atoms with E-state index in [1.54, 1.807) is 18.2 Å². The van der Waals surface area contributed by atoms with Crippen LogP contribution >= 0.6 is 23.2 Å². The molecule has 0 aliphatic rings. The molecule has 0 bridgehead atoms. The molecule has 5 heteroatoms. The fourth-order valence-electron chi connectivity index (χ4n) is 1.60. The highest BCUT2D eigenvalue weighted by molar-refractivity contribution is 6.35. The number of hydrogen-bond acceptors (Lipinski definition) is 3. The van der Waals surface area contributed by atoms with Crippen LogP contribution in [-0.2, 0) is 9.53 Å². The van der Waals surface area contributed by atoms with Crippen LogP contribution in [0.1, 0.15) is 26.2 Å². The molecule has 1 rings (SSSR count). The van der Waals surface area contributed by atoms with Gasteiger partial charge in [0.1, 0.15) is 6.04 Å². The maximum absolute atomic E-state index is 11.7. The van der Waals surface area contributed by atoms with Gasteiger partial charge in [-0.3, -0.25) is 0 Å². The summed E-state index contributed by atoms with van der Waals surface area (Å²) >= 11 is 12.0. The molecule has 0 aliphatic carbocycles. The average Bonchev–Trinajstić information content (AvgIpc) is 2.37. The molecule has 0 aromatic heterocycles. The van der Waals surface area contributed by atoms with Crippen molar-refractivity contribution < 1.29 is 9.53 Å². The summed E-state index contributed by atoms with van der Waals surface area (Å²) in [6.45, 7) is 2.07. The molecule has 1 aromatic carbocycles. The number of hydrogen-bond donors (Lipinski definition) is 1. The average molecular weight is 290 g/mol. The standard InChI is InChI=1S/C13H17Cl2NO2/c1-3-4-5-11(13(17)18-2)16-12-8-9(14)6-7-10(12)15/h6-8,11,16H,3-5H2,1-2H3. The monoisotopic (exact) mass is 289 g/mol. The third-order valence-corrected chi connectivity index (χ3v) is 3.15. The van der Waals surface area contributed by atoms with E-state index in [-0.39, 0.29) is 5.97 Å². The minimum atomic E-state index is -0.397. The zero-order valence-electron chi connectivity index (χ0n) is 10.5. The number of rotatable bonds is 6. The summed E-state index contributed by atoms with van der Waals surface area (Å²) in [5, 5.41) is 4.19. The summed E-state index contributed by atoms with van der Waals surface area (Å²) < 4.78 is 4.77. The second-order valence-electron chi connectivity index (χ2n) is 3.99. The SMILES string of the molecule is CCCCC(Nc1cc(Cl)ccc1Cl)C(=O)OC. The van der Waals surface area contributed by atoms with Gasteiger partial charge < -0.3 is 10.1 Å². The van der Waals surface area contributed by atoms with Gasteiger partial charge in [-0.25, -0.2) is 4.79 Å². The van der Waals surface area contributed by atoms with E-state index in [1.165, 1.54) is 7.11 Å². The summed E-state index contributed by atoms with van der Waals surface area (Å²) in [4.78, 5) is 11.7. The number of halogens is 2. The molecule has 0 fully saturated rings. The Kier molecular flexibility index (Phi) is 6.30. The summed E-state index contributed by atoms with van der Waals surface area (Å²) in [5.41, 5.74) is 0.649. The molecule has 0 radical (unpaired) electrons. The van der Waals surface area contributed by atoms with Crippen molar-refractivity contribution in [1.82, 2.24) is 0 Å². The molecule has 0 spiro atoms. The Morgan fingerprint density at radius 1 is 1.44 bits per heavy atom. The van der Waals surface area contributed by atoms with Gasteiger partial charge in [-0.1, -0.05) is 43.0 Å². The number of methoxy groups -OCH3 is 1. The Morgan fingerprint density at radius 2 is 2.17 bits per heavy atom. The maximum atomic E-state index is 11.7. The largest absolute Gasteiger partial charge is 0.467 e. The molecule has 3 nitrogen and oxygen atoms in total. The zero-order chi connectivity index (χ0) is 13.5. The Morgan fingerprint density at radius 3 is 2.78 bits per heavy atom. The van der Waals surface area contributed by atoms with Gasteiger partial charge in [0.2, 0.25) is 0 Å². The van der Waals surface area contributed by atoms with Gasteiger partial charge in [0.15, 0.2) is 0 Å². The summed E-state index contributed by atoms with van der Waals surface area (Å²) in [6.07, 6.45) is 2.65. The Hall–Kier alpha value is -0.930. The lowest BCUT2D eigenvalue weighted by Gasteiger charge is -2.18. The molecule has 100 valence electrons. The molecule has 18 heavy (non-hydrogen) atoms. The lowest BCUT2D eigenvalue weighted by Crippen LogP contribution is -2.30. The van der Waals surface area contributed by atoms with Gasteiger partial charge in [-0.15, -0.1) is 0 Å². The van der Waals surface area contributed by atoms with Crippen LogP contribution < -0.4 is 5.32 Å². The second kappa shape index (κ2) is 7.49. The van der Waals surface area contributed by atoms with Crippen molar-refractivity contribution in [1.29, 1.82) is 0 Å². The van der Waals surface area contributed by atoms with Crippen molar-refractivity contribution in [3.8, 4) is 0 Å². The number of nitrogens with one attached hydrogen (secondary N) is 1. The van der Waals surface area contributed by atoms with Gasteiger partial charge in [0.05, 0.1) is 17.8 Å². The number of carbonyl (C=O) groups excluding carboxylic acids is 1. The summed E-state index contributed by atoms with van der Waals surface area (Å²) in [6, 6.07) is 4.70. The first-order valence-corrected chi connectivity index (χ1v) is 6.63. The normalized spacial score (nSPS) is 12.0. The lowest BCUT2D eigenvalue weighted by molar-refractivity contribution is -0.141. The first-order chi connectivity index (χ1) is 8.58. The molecular formula is C13H17Cl2NO2. The molecular weight excluding hydrogens is 273 g/mol. The number of benzene rings is 1. The van der Waals surface area contributed by atoms with Crippen molar-refractivity contribution in [3.05, 3.63) is 28.2 Å². The molecule has 0 amide bonds. The van der Waals surface area contributed by atoms with Crippen molar-refractivity contribution >= 4 is 34.9 Å². The van der Waals surface area contributed by atoms with Crippen LogP contribution in [0.2, 0.25) is 10.0 Å². The van der Waals surface area contributed by atoms with E-state index >= 15 is 0 Å². The van der Waals surface area contributed by atoms with Gasteiger partial charge in [0.25, 0.3) is 0 Å². The van der Waals surface area contributed by atoms with Gasteiger partial charge in [0, 0.05) is 5.02 Å². The molecule has 0 heterocycles. The highest BCUT2D eigenvalue weighted by atomic mass is 35.5. The predicted octanol–water partition coefficient (Wildman–Crippen LogP) is 4.14. The van der Waals surface area contributed by atoms with Crippen molar-refractivity contribution in [2.45, 2.75) is 32.2 Å². The van der Waals surface area contributed by atoms with E-state index in [4.69, 9.17) is 27.9 Å². The Bertz CT molecular complexity index is 410. The van der Waals surface area contributed by atoms with Crippen molar-refractivity contribution in [3.63, 3.8) is 0 Å². The van der Waals surface area contributed by atoms with Crippen molar-refractivity contribution in [2.24, 2.45) is 0 Å². The van der Waals surface area contributed by atoms with Gasteiger partial charge in [-0.2, -0.15) is 0 Å². The number of carbonyl (C=O) groups is 1. The van der Waals surface area contributed by atoms with Crippen molar-refractivity contribution in [2.75, 3.05) is 12.4 Å². The molecule has 1 N–H and O–H groups in total. The molecule has 1 aromatic rings. The maximum Gasteiger partial charge on any atom is 0.328 e. The second-order valence-corrected chi connectivity index (χ2v) is 4.83. The molecule has 0 saturated carbocycles. The van der Waals surface area contributed by atoms with Crippen LogP contribution in [0.3, 0.4) is 0 Å². The predicted molar refractivity (Wildman–Crippen MR) is 75.4 cm³/mol. The van der Waals surface area contributed by atoms with E-state index in [2.05, 4.69) is 12.2 Å². The minimum absolute atomic E-state index is 0.292. The fraction of sp³-hybridized carbons (Fsp3) is 0.462. The van der Waals surface area contributed by atoms with Crippen LogP contribution in [0.25, 0.3) is 0 Å². The van der Waals surface area contributed by atoms with Crippen LogP contribution in [0.4, 0.5) is 5.69 Å². The smallest absolute Gasteiger partial charge is 0.328 e. The van der Waals surface area contributed by atoms with E-state index in [1.807, 2.05) is 0 Å². The Balaban J connectivity index is 2.81. The van der Waals surface area contributed by atoms with Gasteiger partial charge in [-0.05, 0) is 24.6 Å². The minimum Gasteiger partial charge on any atom is -0.467 e. The summed E-state index contributed by atoms with van der Waals surface area (Å²) in [5.74, 6) is -0.292. The molecule has 0 saturated heterocycles. The molecule has 1 atom stereocenters. The quantitative estimate of drug-likeness (QED) is 0.800. The zero-order valence-corrected chi connectivity index (χ0v) is 12.0. The third kappa shape index (κ3) is 4.39. The third-order valence-electron chi connectivity index (χ3n) is 2.59. The van der Waals surface area contributed by atoms with Gasteiger partial charge >= 0.3 is 5.97 Å². The van der Waals surface area contributed by atoms with E-state index in [9.17, 15) is 4.79 Å². The number of esters is 1. The molecule has 0 aliphatic heterocycles. The van der Waals surface area contributed by atoms with Crippen LogP contribution in [0.15, 0.2) is 18.2 Å². The molecule has 1 unspecified atom stereocenters. The lowest BCUT2D eigenvalue weighted by atomic mass is 10.1. The van der Waals surface area contributed by atoms with Crippen LogP contribution in [-0.4, -0.2) is 19.1 Å². The highest BCUT2D eigenvalue weighted by Crippen LogP contribution is 2.26. The highest BCUT2D eigenvalue weighted by Gasteiger charge is 2.19. The number of ether oxygens (including phenoxy) is 1. The van der Waals surface area contributed by atoms with Crippen LogP contribution in [0.5, 0.6) is 0 Å². The number of unbranched alkanes of at least 4 members (excludes halogenated alkanes) is 1.